The molecule has 0 radical (unpaired) electrons. The lowest BCUT2D eigenvalue weighted by atomic mass is 10.1. The zero-order chi connectivity index (χ0) is 36.2. The molecule has 8 N–H and O–H groups in total. The molecule has 15 nitrogen and oxygen atoms in total. The van der Waals surface area contributed by atoms with Gasteiger partial charge < -0.3 is 46.5 Å². The summed E-state index contributed by atoms with van der Waals surface area (Å²) in [7, 11) is 1.72. The van der Waals surface area contributed by atoms with E-state index in [2.05, 4.69) is 16.0 Å². The summed E-state index contributed by atoms with van der Waals surface area (Å²) in [5, 5.41) is 35.2. The summed E-state index contributed by atoms with van der Waals surface area (Å²) >= 11 is 2.63. The van der Waals surface area contributed by atoms with E-state index in [1.807, 2.05) is 19.9 Å². The fraction of sp³-hybridized carbons (Fsp3) is 0.419. The van der Waals surface area contributed by atoms with Crippen molar-refractivity contribution in [3.63, 3.8) is 0 Å². The highest BCUT2D eigenvalue weighted by atomic mass is 32.2. The zero-order valence-corrected chi connectivity index (χ0v) is 28.7. The molecule has 0 aliphatic carbocycles. The predicted octanol–water partition coefficient (Wildman–Crippen LogP) is 2.52. The van der Waals surface area contributed by atoms with Gasteiger partial charge >= 0.3 is 29.8 Å². The largest absolute Gasteiger partial charge is 0.480 e. The van der Waals surface area contributed by atoms with Crippen molar-refractivity contribution in [3.8, 4) is 0 Å². The highest BCUT2D eigenvalue weighted by Crippen LogP contribution is 2.19. The molecule has 0 bridgehead atoms. The van der Waals surface area contributed by atoms with Gasteiger partial charge in [0.2, 0.25) is 5.91 Å². The number of amides is 1. The lowest BCUT2D eigenvalue weighted by Crippen LogP contribution is -2.42. The van der Waals surface area contributed by atoms with Gasteiger partial charge in [-0.2, -0.15) is 23.5 Å². The van der Waals surface area contributed by atoms with Crippen molar-refractivity contribution < 1.29 is 53.6 Å². The highest BCUT2D eigenvalue weighted by molar-refractivity contribution is 7.99. The van der Waals surface area contributed by atoms with E-state index in [4.69, 9.17) is 30.5 Å². The molecule has 0 saturated carbocycles. The molecular formula is C31H42N4O11S2. The third-order valence-corrected chi connectivity index (χ3v) is 8.02. The molecule has 1 amide bonds. The van der Waals surface area contributed by atoms with E-state index in [-0.39, 0.29) is 41.8 Å². The first kappa shape index (κ1) is 41.5. The average Bonchev–Trinajstić information content (AvgIpc) is 3.02. The number of hydrogen-bond acceptors (Lipinski definition) is 13. The molecule has 0 aliphatic heterocycles. The Hall–Kier alpha value is -4.48. The van der Waals surface area contributed by atoms with Crippen molar-refractivity contribution >= 4 is 70.7 Å². The molecule has 2 rings (SSSR count). The number of nitrogens with two attached hydrogens (primary N) is 1. The minimum absolute atomic E-state index is 0.00483. The summed E-state index contributed by atoms with van der Waals surface area (Å²) in [4.78, 5) is 67.9. The number of nitrogen functional groups attached to an aromatic ring is 1. The van der Waals surface area contributed by atoms with Crippen LogP contribution in [-0.4, -0.2) is 112 Å². The van der Waals surface area contributed by atoms with Crippen LogP contribution >= 0.6 is 23.5 Å². The Balaban J connectivity index is 0.000000482. The summed E-state index contributed by atoms with van der Waals surface area (Å²) < 4.78 is 10.2. The number of thioether (sulfide) groups is 2. The van der Waals surface area contributed by atoms with Gasteiger partial charge in [0.1, 0.15) is 25.3 Å². The lowest BCUT2D eigenvalue weighted by Gasteiger charge is -2.16. The van der Waals surface area contributed by atoms with Gasteiger partial charge in [-0.05, 0) is 24.3 Å². The summed E-state index contributed by atoms with van der Waals surface area (Å²) in [6.45, 7) is 5.21. The standard InChI is InChI=1S/C16H22N2O6S.C15H20N2O5S/c1-9(2)18-12(15(21)22)8-25-7-6-24-16(23)11-5-3-4-10(13(11)17)14(19)20;1-10(18)17-13(14(19)20)9-23-8-7-22-15(21)11-5-3-4-6-12(11)16-2/h3-5,9,12,18H,6-8,17H2,1-2H3,(H,19,20)(H,21,22);3-6,13,16H,7-9H2,1-2H3,(H,17,18)(H,19,20). The van der Waals surface area contributed by atoms with Gasteiger partial charge in [0.05, 0.1) is 22.4 Å². The van der Waals surface area contributed by atoms with E-state index in [0.717, 1.165) is 0 Å². The van der Waals surface area contributed by atoms with Crippen LogP contribution < -0.4 is 21.7 Å². The Morgan fingerprint density at radius 2 is 1.27 bits per heavy atom. The van der Waals surface area contributed by atoms with Gasteiger partial charge in [-0.3, -0.25) is 9.59 Å². The monoisotopic (exact) mass is 710 g/mol. The number of rotatable bonds is 19. The molecule has 2 aromatic carbocycles. The maximum Gasteiger partial charge on any atom is 0.340 e. The van der Waals surface area contributed by atoms with Crippen molar-refractivity contribution in [2.24, 2.45) is 0 Å². The molecule has 0 heterocycles. The van der Waals surface area contributed by atoms with Gasteiger partial charge in [0.15, 0.2) is 0 Å². The van der Waals surface area contributed by atoms with Crippen LogP contribution in [0.5, 0.6) is 0 Å². The molecule has 0 fully saturated rings. The number of para-hydroxylation sites is 2. The Labute approximate surface area is 286 Å². The Kier molecular flexibility index (Phi) is 19.2. The molecule has 2 aromatic rings. The molecule has 2 unspecified atom stereocenters. The van der Waals surface area contributed by atoms with Crippen LogP contribution in [0.25, 0.3) is 0 Å². The van der Waals surface area contributed by atoms with E-state index in [1.165, 1.54) is 48.6 Å². The van der Waals surface area contributed by atoms with E-state index in [9.17, 15) is 28.8 Å². The first-order chi connectivity index (χ1) is 22.7. The van der Waals surface area contributed by atoms with E-state index in [1.54, 1.807) is 25.2 Å². The first-order valence-corrected chi connectivity index (χ1v) is 16.9. The Bertz CT molecular complexity index is 1410. The average molecular weight is 711 g/mol. The summed E-state index contributed by atoms with van der Waals surface area (Å²) in [6.07, 6.45) is 0. The molecule has 264 valence electrons. The Morgan fingerprint density at radius 1 is 0.771 bits per heavy atom. The van der Waals surface area contributed by atoms with Crippen LogP contribution in [0, 0.1) is 0 Å². The molecule has 0 aromatic heterocycles. The maximum atomic E-state index is 12.0. The maximum absolute atomic E-state index is 12.0. The fourth-order valence-electron chi connectivity index (χ4n) is 3.77. The number of hydrogen-bond donors (Lipinski definition) is 7. The number of nitrogens with one attached hydrogen (secondary N) is 3. The van der Waals surface area contributed by atoms with Crippen molar-refractivity contribution in [3.05, 3.63) is 59.2 Å². The van der Waals surface area contributed by atoms with E-state index < -0.39 is 47.8 Å². The fourth-order valence-corrected chi connectivity index (χ4v) is 5.44. The molecule has 2 atom stereocenters. The number of benzene rings is 2. The van der Waals surface area contributed by atoms with Gasteiger partial charge in [-0.15, -0.1) is 0 Å². The number of carboxylic acid groups (broad SMARTS) is 3. The third kappa shape index (κ3) is 15.4. The predicted molar refractivity (Wildman–Crippen MR) is 184 cm³/mol. The van der Waals surface area contributed by atoms with Crippen molar-refractivity contribution in [1.29, 1.82) is 0 Å². The van der Waals surface area contributed by atoms with Crippen LogP contribution in [0.1, 0.15) is 51.8 Å². The number of carbonyl (C=O) groups excluding carboxylic acids is 3. The summed E-state index contributed by atoms with van der Waals surface area (Å²) in [5.41, 5.74) is 6.50. The molecular weight excluding hydrogens is 668 g/mol. The second-order valence-electron chi connectivity index (χ2n) is 10.1. The van der Waals surface area contributed by atoms with Crippen LogP contribution in [0.2, 0.25) is 0 Å². The lowest BCUT2D eigenvalue weighted by molar-refractivity contribution is -0.141. The molecule has 0 aliphatic rings. The third-order valence-electron chi connectivity index (χ3n) is 5.97. The quantitative estimate of drug-likeness (QED) is 0.0629. The normalized spacial score (nSPS) is 11.7. The molecule has 17 heteroatoms. The van der Waals surface area contributed by atoms with Gasteiger partial charge in [-0.1, -0.05) is 32.0 Å². The number of aliphatic carboxylic acids is 2. The van der Waals surface area contributed by atoms with Crippen molar-refractivity contribution in [2.45, 2.75) is 38.9 Å². The number of anilines is 2. The summed E-state index contributed by atoms with van der Waals surface area (Å²) in [6, 6.07) is 9.53. The van der Waals surface area contributed by atoms with Gasteiger partial charge in [0.25, 0.3) is 0 Å². The van der Waals surface area contributed by atoms with Crippen molar-refractivity contribution in [2.75, 3.05) is 54.3 Å². The van der Waals surface area contributed by atoms with Crippen LogP contribution in [-0.2, 0) is 23.9 Å². The number of carbonyl (C=O) groups is 6. The highest BCUT2D eigenvalue weighted by Gasteiger charge is 2.20. The zero-order valence-electron chi connectivity index (χ0n) is 27.0. The second-order valence-corrected chi connectivity index (χ2v) is 12.4. The van der Waals surface area contributed by atoms with Gasteiger partial charge in [-0.25, -0.2) is 19.2 Å². The minimum Gasteiger partial charge on any atom is -0.480 e. The smallest absolute Gasteiger partial charge is 0.340 e. The van der Waals surface area contributed by atoms with Gasteiger partial charge in [0, 0.05) is 48.7 Å². The number of aromatic carboxylic acids is 1. The Morgan fingerprint density at radius 3 is 1.77 bits per heavy atom. The van der Waals surface area contributed by atoms with Crippen LogP contribution in [0.15, 0.2) is 42.5 Å². The molecule has 0 spiro atoms. The van der Waals surface area contributed by atoms with E-state index >= 15 is 0 Å². The second kappa shape index (κ2) is 22.2. The topological polar surface area (TPSA) is 244 Å². The van der Waals surface area contributed by atoms with E-state index in [0.29, 0.717) is 28.5 Å². The summed E-state index contributed by atoms with van der Waals surface area (Å²) in [5.74, 6) is -3.40. The van der Waals surface area contributed by atoms with Crippen LogP contribution in [0.3, 0.4) is 0 Å². The minimum atomic E-state index is -1.22. The number of esters is 2. The SMILES string of the molecule is CC(C)NC(CSCCOC(=O)c1cccc(C(=O)O)c1N)C(=O)O.CNc1ccccc1C(=O)OCCSCC(NC(C)=O)C(=O)O. The number of carboxylic acids is 3. The number of ether oxygens (including phenoxy) is 2. The molecule has 0 saturated heterocycles. The van der Waals surface area contributed by atoms with Crippen LogP contribution in [0.4, 0.5) is 11.4 Å². The first-order valence-electron chi connectivity index (χ1n) is 14.6. The van der Waals surface area contributed by atoms with Crippen molar-refractivity contribution in [1.82, 2.24) is 10.6 Å². The molecule has 48 heavy (non-hydrogen) atoms.